The van der Waals surface area contributed by atoms with E-state index in [1.807, 2.05) is 0 Å². The lowest BCUT2D eigenvalue weighted by molar-refractivity contribution is -0.140. The fourth-order valence-electron chi connectivity index (χ4n) is 3.11. The van der Waals surface area contributed by atoms with Crippen molar-refractivity contribution in [2.45, 2.75) is 38.5 Å². The van der Waals surface area contributed by atoms with Gasteiger partial charge in [-0.1, -0.05) is 0 Å². The van der Waals surface area contributed by atoms with Crippen molar-refractivity contribution in [3.8, 4) is 22.8 Å². The largest absolute Gasteiger partial charge is 0.507 e. The van der Waals surface area contributed by atoms with Crippen molar-refractivity contribution in [3.63, 3.8) is 0 Å². The Bertz CT molecular complexity index is 857. The Labute approximate surface area is 159 Å². The number of aliphatic carboxylic acids is 1. The first-order valence-corrected chi connectivity index (χ1v) is 8.68. The first kappa shape index (κ1) is 19.7. The molecule has 0 amide bonds. The van der Waals surface area contributed by atoms with Gasteiger partial charge in [0.15, 0.2) is 0 Å². The Hall–Kier alpha value is -3.01. The standard InChI is InChI=1S/C18H20F2N4O4/c1-9-6-15(22-10-2-5-13(17(26)27)21-8-10)23-24-16(9)12-4-3-11(7-14(12)25)28-18(19)20/h3-4,6-7,10,13,18,21,25H,2,5,8H2,1H3,(H,22,23)(H,26,27). The second-order valence-electron chi connectivity index (χ2n) is 6.54. The molecule has 1 aromatic carbocycles. The first-order chi connectivity index (χ1) is 13.3. The summed E-state index contributed by atoms with van der Waals surface area (Å²) in [5.41, 5.74) is 1.49. The molecule has 2 aromatic rings. The van der Waals surface area contributed by atoms with Crippen molar-refractivity contribution in [1.29, 1.82) is 0 Å². The molecule has 0 saturated carbocycles. The smallest absolute Gasteiger partial charge is 0.387 e. The minimum absolute atomic E-state index is 0.0225. The SMILES string of the molecule is Cc1cc(NC2CCC(C(=O)O)NC2)nnc1-c1ccc(OC(F)F)cc1O. The minimum atomic E-state index is -2.97. The predicted octanol–water partition coefficient (Wildman–Crippen LogP) is 2.38. The number of carbonyl (C=O) groups is 1. The van der Waals surface area contributed by atoms with Crippen LogP contribution in [0.4, 0.5) is 14.6 Å². The summed E-state index contributed by atoms with van der Waals surface area (Å²) in [5, 5.41) is 33.5. The van der Waals surface area contributed by atoms with Gasteiger partial charge in [0.25, 0.3) is 0 Å². The molecule has 2 heterocycles. The number of rotatable bonds is 6. The summed E-state index contributed by atoms with van der Waals surface area (Å²) in [4.78, 5) is 11.0. The molecule has 1 aromatic heterocycles. The number of phenols is 1. The van der Waals surface area contributed by atoms with E-state index in [0.717, 1.165) is 11.6 Å². The summed E-state index contributed by atoms with van der Waals surface area (Å²) in [5.74, 6) is -0.723. The number of phenolic OH excluding ortho intramolecular Hbond substituents is 1. The summed E-state index contributed by atoms with van der Waals surface area (Å²) < 4.78 is 28.8. The number of alkyl halides is 2. The number of halogens is 2. The van der Waals surface area contributed by atoms with Gasteiger partial charge < -0.3 is 25.6 Å². The first-order valence-electron chi connectivity index (χ1n) is 8.68. The fraction of sp³-hybridized carbons (Fsp3) is 0.389. The third-order valence-electron chi connectivity index (χ3n) is 4.50. The maximum atomic E-state index is 12.3. The van der Waals surface area contributed by atoms with E-state index in [2.05, 4.69) is 25.6 Å². The van der Waals surface area contributed by atoms with E-state index >= 15 is 0 Å². The lowest BCUT2D eigenvalue weighted by Gasteiger charge is -2.28. The molecule has 0 radical (unpaired) electrons. The van der Waals surface area contributed by atoms with Crippen molar-refractivity contribution >= 4 is 11.8 Å². The Morgan fingerprint density at radius 2 is 2.11 bits per heavy atom. The van der Waals surface area contributed by atoms with Gasteiger partial charge in [-0.3, -0.25) is 4.79 Å². The lowest BCUT2D eigenvalue weighted by Crippen LogP contribution is -2.48. The molecule has 8 nitrogen and oxygen atoms in total. The molecule has 28 heavy (non-hydrogen) atoms. The van der Waals surface area contributed by atoms with Gasteiger partial charge in [0, 0.05) is 24.2 Å². The van der Waals surface area contributed by atoms with Crippen LogP contribution in [-0.4, -0.2) is 51.6 Å². The van der Waals surface area contributed by atoms with Crippen LogP contribution in [0.1, 0.15) is 18.4 Å². The monoisotopic (exact) mass is 394 g/mol. The molecule has 3 rings (SSSR count). The van der Waals surface area contributed by atoms with Crippen LogP contribution in [-0.2, 0) is 4.79 Å². The summed E-state index contributed by atoms with van der Waals surface area (Å²) in [7, 11) is 0. The van der Waals surface area contributed by atoms with Crippen molar-refractivity contribution < 1.29 is 28.5 Å². The van der Waals surface area contributed by atoms with Crippen LogP contribution in [0.3, 0.4) is 0 Å². The third-order valence-corrected chi connectivity index (χ3v) is 4.50. The summed E-state index contributed by atoms with van der Waals surface area (Å²) in [6.45, 7) is -0.693. The van der Waals surface area contributed by atoms with E-state index in [-0.39, 0.29) is 17.5 Å². The molecular formula is C18H20F2N4O4. The summed E-state index contributed by atoms with van der Waals surface area (Å²) in [6, 6.07) is 5.10. The molecule has 0 spiro atoms. The van der Waals surface area contributed by atoms with Crippen molar-refractivity contribution in [2.75, 3.05) is 11.9 Å². The van der Waals surface area contributed by atoms with E-state index in [4.69, 9.17) is 5.11 Å². The molecule has 10 heteroatoms. The number of nitrogens with zero attached hydrogens (tertiary/aromatic N) is 2. The Morgan fingerprint density at radius 1 is 1.32 bits per heavy atom. The van der Waals surface area contributed by atoms with Gasteiger partial charge >= 0.3 is 12.6 Å². The summed E-state index contributed by atoms with van der Waals surface area (Å²) >= 11 is 0. The molecule has 1 aliphatic heterocycles. The van der Waals surface area contributed by atoms with Crippen molar-refractivity contribution in [2.24, 2.45) is 0 Å². The average molecular weight is 394 g/mol. The summed E-state index contributed by atoms with van der Waals surface area (Å²) in [6.07, 6.45) is 1.19. The van der Waals surface area contributed by atoms with Crippen LogP contribution in [0.5, 0.6) is 11.5 Å². The topological polar surface area (TPSA) is 117 Å². The number of hydrogen-bond donors (Lipinski definition) is 4. The van der Waals surface area contributed by atoms with Crippen molar-refractivity contribution in [3.05, 3.63) is 29.8 Å². The van der Waals surface area contributed by atoms with E-state index in [9.17, 15) is 18.7 Å². The van der Waals surface area contributed by atoms with Gasteiger partial charge in [0.1, 0.15) is 23.4 Å². The van der Waals surface area contributed by atoms with Crippen LogP contribution >= 0.6 is 0 Å². The Morgan fingerprint density at radius 3 is 2.68 bits per heavy atom. The van der Waals surface area contributed by atoms with Crippen LogP contribution in [0, 0.1) is 6.92 Å². The van der Waals surface area contributed by atoms with Gasteiger partial charge in [0.05, 0.1) is 5.69 Å². The molecule has 0 aliphatic carbocycles. The molecule has 1 fully saturated rings. The highest BCUT2D eigenvalue weighted by Crippen LogP contribution is 2.33. The predicted molar refractivity (Wildman–Crippen MR) is 96.6 cm³/mol. The molecule has 2 atom stereocenters. The Kier molecular flexibility index (Phi) is 5.88. The molecule has 0 bridgehead atoms. The van der Waals surface area contributed by atoms with Gasteiger partial charge in [-0.15, -0.1) is 10.2 Å². The molecular weight excluding hydrogens is 374 g/mol. The van der Waals surface area contributed by atoms with E-state index < -0.39 is 18.6 Å². The average Bonchev–Trinajstić information content (AvgIpc) is 2.63. The van der Waals surface area contributed by atoms with Gasteiger partial charge in [-0.25, -0.2) is 0 Å². The third kappa shape index (κ3) is 4.63. The second kappa shape index (κ2) is 8.34. The second-order valence-corrected chi connectivity index (χ2v) is 6.54. The van der Waals surface area contributed by atoms with E-state index in [1.165, 1.54) is 12.1 Å². The number of hydrogen-bond acceptors (Lipinski definition) is 7. The van der Waals surface area contributed by atoms with Gasteiger partial charge in [0.2, 0.25) is 0 Å². The highest BCUT2D eigenvalue weighted by atomic mass is 19.3. The lowest BCUT2D eigenvalue weighted by atomic mass is 10.0. The number of ether oxygens (including phenoxy) is 1. The van der Waals surface area contributed by atoms with E-state index in [1.54, 1.807) is 13.0 Å². The molecule has 4 N–H and O–H groups in total. The number of aromatic nitrogens is 2. The molecule has 150 valence electrons. The highest BCUT2D eigenvalue weighted by molar-refractivity contribution is 5.73. The zero-order valence-corrected chi connectivity index (χ0v) is 15.0. The minimum Gasteiger partial charge on any atom is -0.507 e. The number of anilines is 1. The quantitative estimate of drug-likeness (QED) is 0.590. The number of piperidine rings is 1. The Balaban J connectivity index is 1.70. The maximum Gasteiger partial charge on any atom is 0.387 e. The molecule has 1 saturated heterocycles. The number of nitrogens with one attached hydrogen (secondary N) is 2. The van der Waals surface area contributed by atoms with Gasteiger partial charge in [-0.05, 0) is 43.5 Å². The van der Waals surface area contributed by atoms with Crippen LogP contribution in [0.25, 0.3) is 11.3 Å². The number of carboxylic acid groups (broad SMARTS) is 1. The van der Waals surface area contributed by atoms with Gasteiger partial charge in [-0.2, -0.15) is 8.78 Å². The van der Waals surface area contributed by atoms with Crippen LogP contribution < -0.4 is 15.4 Å². The van der Waals surface area contributed by atoms with Crippen LogP contribution in [0.2, 0.25) is 0 Å². The molecule has 1 aliphatic rings. The number of aromatic hydroxyl groups is 1. The van der Waals surface area contributed by atoms with Crippen LogP contribution in [0.15, 0.2) is 24.3 Å². The number of carboxylic acids is 1. The van der Waals surface area contributed by atoms with E-state index in [0.29, 0.717) is 36.5 Å². The zero-order valence-electron chi connectivity index (χ0n) is 15.0. The zero-order chi connectivity index (χ0) is 20.3. The molecule has 2 unspecified atom stereocenters. The number of aryl methyl sites for hydroxylation is 1. The fourth-order valence-corrected chi connectivity index (χ4v) is 3.11. The highest BCUT2D eigenvalue weighted by Gasteiger charge is 2.25. The normalized spacial score (nSPS) is 19.4. The number of benzene rings is 1. The maximum absolute atomic E-state index is 12.3. The van der Waals surface area contributed by atoms with Crippen molar-refractivity contribution in [1.82, 2.24) is 15.5 Å².